The SMILES string of the molecule is [2H]C1([2H])N(c2ncc([C@](C)(N)c3ccc(F)cc3)cn2)C([2H])([2H])C([2H])([2H])N(c2ncnn3cc(-c4cnn(C)c4)cc23)C1([2H])[2H]. The largest absolute Gasteiger partial charge is 0.351 e. The van der Waals surface area contributed by atoms with E-state index in [1.54, 1.807) is 43.3 Å². The van der Waals surface area contributed by atoms with Crippen LogP contribution < -0.4 is 15.5 Å². The minimum Gasteiger partial charge on any atom is -0.351 e. The Labute approximate surface area is 224 Å². The zero-order chi connectivity index (χ0) is 32.7. The molecular weight excluding hydrogens is 471 g/mol. The Morgan fingerprint density at radius 1 is 0.892 bits per heavy atom. The van der Waals surface area contributed by atoms with Gasteiger partial charge in [0.2, 0.25) is 5.95 Å². The third-order valence-electron chi connectivity index (χ3n) is 6.06. The van der Waals surface area contributed by atoms with Crippen LogP contribution in [-0.2, 0) is 12.6 Å². The van der Waals surface area contributed by atoms with E-state index < -0.39 is 43.3 Å². The van der Waals surface area contributed by atoms with Crippen molar-refractivity contribution in [2.24, 2.45) is 12.8 Å². The van der Waals surface area contributed by atoms with Gasteiger partial charge in [0, 0.05) is 74.5 Å². The molecule has 1 aliphatic heterocycles. The number of fused-ring (bicyclic) bond motifs is 1. The molecule has 0 aliphatic carbocycles. The number of nitrogens with two attached hydrogens (primary N) is 1. The van der Waals surface area contributed by atoms with Crippen LogP contribution in [0.2, 0.25) is 0 Å². The smallest absolute Gasteiger partial charge is 0.225 e. The molecule has 1 atom stereocenters. The molecule has 37 heavy (non-hydrogen) atoms. The lowest BCUT2D eigenvalue weighted by molar-refractivity contribution is 0.585. The summed E-state index contributed by atoms with van der Waals surface area (Å²) in [4.78, 5) is 12.9. The van der Waals surface area contributed by atoms with Gasteiger partial charge in [0.1, 0.15) is 17.7 Å². The van der Waals surface area contributed by atoms with E-state index >= 15 is 0 Å². The molecule has 11 heteroatoms. The van der Waals surface area contributed by atoms with Gasteiger partial charge in [-0.1, -0.05) is 12.1 Å². The Kier molecular flexibility index (Phi) is 3.78. The van der Waals surface area contributed by atoms with Gasteiger partial charge in [-0.15, -0.1) is 0 Å². The first kappa shape index (κ1) is 15.7. The molecule has 1 saturated heterocycles. The number of piperazine rings is 1. The van der Waals surface area contributed by atoms with E-state index in [-0.39, 0.29) is 16.2 Å². The minimum absolute atomic E-state index is 0.104. The molecule has 0 bridgehead atoms. The summed E-state index contributed by atoms with van der Waals surface area (Å²) < 4.78 is 87.7. The van der Waals surface area contributed by atoms with Gasteiger partial charge in [0.25, 0.3) is 0 Å². The first-order valence-electron chi connectivity index (χ1n) is 15.2. The van der Waals surface area contributed by atoms with Crippen molar-refractivity contribution in [1.82, 2.24) is 34.3 Å². The molecule has 5 aromatic rings. The molecule has 4 aromatic heterocycles. The number of aromatic nitrogens is 7. The van der Waals surface area contributed by atoms with Crippen LogP contribution in [-0.4, -0.2) is 60.3 Å². The van der Waals surface area contributed by atoms with Gasteiger partial charge in [0.05, 0.1) is 22.7 Å². The monoisotopic (exact) mass is 506 g/mol. The molecule has 0 amide bonds. The lowest BCUT2D eigenvalue weighted by atomic mass is 9.87. The molecule has 6 rings (SSSR count). The van der Waals surface area contributed by atoms with Crippen molar-refractivity contribution < 1.29 is 15.4 Å². The summed E-state index contributed by atoms with van der Waals surface area (Å²) >= 11 is 0. The first-order chi connectivity index (χ1) is 20.9. The molecule has 188 valence electrons. The van der Waals surface area contributed by atoms with E-state index in [0.29, 0.717) is 27.2 Å². The molecule has 1 aromatic carbocycles. The molecule has 1 fully saturated rings. The molecule has 0 unspecified atom stereocenters. The van der Waals surface area contributed by atoms with Gasteiger partial charge in [0.15, 0.2) is 5.82 Å². The number of halogens is 1. The summed E-state index contributed by atoms with van der Waals surface area (Å²) in [5.74, 6) is -1.45. The fraction of sp³-hybridized carbons (Fsp3) is 0.269. The van der Waals surface area contributed by atoms with Crippen LogP contribution in [0.1, 0.15) is 29.0 Å². The van der Waals surface area contributed by atoms with Crippen LogP contribution in [0.5, 0.6) is 0 Å². The normalized spacial score (nSPS) is 24.4. The second kappa shape index (κ2) is 8.93. The van der Waals surface area contributed by atoms with Crippen molar-refractivity contribution in [1.29, 1.82) is 0 Å². The summed E-state index contributed by atoms with van der Waals surface area (Å²) in [5, 5.41) is 8.27. The first-order valence-corrected chi connectivity index (χ1v) is 11.2. The van der Waals surface area contributed by atoms with E-state index in [9.17, 15) is 4.39 Å². The van der Waals surface area contributed by atoms with Crippen molar-refractivity contribution in [2.45, 2.75) is 12.5 Å². The number of hydrogen-bond acceptors (Lipinski definition) is 8. The highest BCUT2D eigenvalue weighted by Crippen LogP contribution is 2.29. The van der Waals surface area contributed by atoms with Gasteiger partial charge in [-0.25, -0.2) is 23.9 Å². The van der Waals surface area contributed by atoms with E-state index in [4.69, 9.17) is 16.7 Å². The quantitative estimate of drug-likeness (QED) is 0.388. The lowest BCUT2D eigenvalue weighted by Crippen LogP contribution is -2.47. The second-order valence-electron chi connectivity index (χ2n) is 8.64. The van der Waals surface area contributed by atoms with Crippen LogP contribution >= 0.6 is 0 Å². The molecular formula is C26H27FN10. The molecule has 2 N–H and O–H groups in total. The van der Waals surface area contributed by atoms with E-state index in [2.05, 4.69) is 25.1 Å². The van der Waals surface area contributed by atoms with Crippen molar-refractivity contribution in [3.8, 4) is 11.1 Å². The van der Waals surface area contributed by atoms with Gasteiger partial charge >= 0.3 is 0 Å². The Balaban J connectivity index is 1.43. The molecule has 0 spiro atoms. The van der Waals surface area contributed by atoms with Crippen molar-refractivity contribution in [3.05, 3.63) is 84.6 Å². The fourth-order valence-corrected chi connectivity index (χ4v) is 3.95. The van der Waals surface area contributed by atoms with Gasteiger partial charge in [-0.05, 0) is 30.7 Å². The molecule has 1 aliphatic rings. The number of aryl methyl sites for hydroxylation is 1. The maximum absolute atomic E-state index is 13.5. The summed E-state index contributed by atoms with van der Waals surface area (Å²) in [6.07, 6.45) is 8.39. The van der Waals surface area contributed by atoms with Crippen molar-refractivity contribution in [2.75, 3.05) is 35.8 Å². The standard InChI is InChI=1S/C26H27FN10/c1-26(28,20-3-5-22(27)6-4-20)21-13-29-25(30-14-21)36-9-7-35(8-10-36)24-23-11-18(16-37(23)33-17-31-24)19-12-32-34(2)15-19/h3-6,11-17H,7-10,28H2,1-2H3/t26-/m1/s1/i7D2,8D2,9D2,10D2. The lowest BCUT2D eigenvalue weighted by Gasteiger charge is -2.35. The van der Waals surface area contributed by atoms with E-state index in [0.717, 1.165) is 6.33 Å². The molecule has 0 radical (unpaired) electrons. The number of hydrogen-bond donors (Lipinski definition) is 1. The summed E-state index contributed by atoms with van der Waals surface area (Å²) in [6, 6.07) is 7.00. The average Bonchev–Trinajstić information content (AvgIpc) is 3.59. The predicted octanol–water partition coefficient (Wildman–Crippen LogP) is 2.61. The van der Waals surface area contributed by atoms with Crippen LogP contribution in [0, 0.1) is 5.82 Å². The highest BCUT2D eigenvalue weighted by molar-refractivity contribution is 5.77. The number of benzene rings is 1. The topological polar surface area (TPSA) is 106 Å². The maximum Gasteiger partial charge on any atom is 0.225 e. The zero-order valence-corrected chi connectivity index (χ0v) is 19.8. The highest BCUT2D eigenvalue weighted by atomic mass is 19.1. The third kappa shape index (κ3) is 4.27. The Hall–Kier alpha value is -4.38. The Bertz CT molecular complexity index is 1860. The second-order valence-corrected chi connectivity index (χ2v) is 8.64. The number of nitrogens with zero attached hydrogens (tertiary/aromatic N) is 9. The van der Waals surface area contributed by atoms with Gasteiger partial charge in [-0.2, -0.15) is 10.2 Å². The number of rotatable bonds is 5. The summed E-state index contributed by atoms with van der Waals surface area (Å²) in [7, 11) is 1.73. The Morgan fingerprint density at radius 2 is 1.59 bits per heavy atom. The minimum atomic E-state index is -3.27. The molecule has 0 saturated carbocycles. The van der Waals surface area contributed by atoms with E-state index in [1.165, 1.54) is 41.2 Å². The predicted molar refractivity (Wildman–Crippen MR) is 139 cm³/mol. The Morgan fingerprint density at radius 3 is 2.27 bits per heavy atom. The zero-order valence-electron chi connectivity index (χ0n) is 27.8. The van der Waals surface area contributed by atoms with Crippen LogP contribution in [0.25, 0.3) is 16.6 Å². The molecule has 10 nitrogen and oxygen atoms in total. The third-order valence-corrected chi connectivity index (χ3v) is 6.06. The van der Waals surface area contributed by atoms with Crippen LogP contribution in [0.3, 0.4) is 0 Å². The molecule has 5 heterocycles. The van der Waals surface area contributed by atoms with E-state index in [1.807, 2.05) is 0 Å². The summed E-state index contributed by atoms with van der Waals surface area (Å²) in [5.41, 5.74) is 7.47. The maximum atomic E-state index is 13.5. The number of anilines is 2. The fourth-order valence-electron chi connectivity index (χ4n) is 3.95. The highest BCUT2D eigenvalue weighted by Gasteiger charge is 2.26. The summed E-state index contributed by atoms with van der Waals surface area (Å²) in [6.45, 7) is -11.4. The van der Waals surface area contributed by atoms with Gasteiger partial charge in [-0.3, -0.25) is 4.68 Å². The van der Waals surface area contributed by atoms with Crippen molar-refractivity contribution >= 4 is 17.3 Å². The van der Waals surface area contributed by atoms with Crippen molar-refractivity contribution in [3.63, 3.8) is 0 Å². The van der Waals surface area contributed by atoms with Crippen LogP contribution in [0.4, 0.5) is 16.2 Å². The average molecular weight is 507 g/mol. The van der Waals surface area contributed by atoms with Crippen LogP contribution in [0.15, 0.2) is 67.6 Å². The van der Waals surface area contributed by atoms with Gasteiger partial charge < -0.3 is 15.5 Å².